The van der Waals surface area contributed by atoms with Gasteiger partial charge in [-0.25, -0.2) is 8.42 Å². The summed E-state index contributed by atoms with van der Waals surface area (Å²) in [6.45, 7) is 9.85. The van der Waals surface area contributed by atoms with E-state index < -0.39 is 15.3 Å². The van der Waals surface area contributed by atoms with Crippen molar-refractivity contribution in [1.29, 1.82) is 0 Å². The van der Waals surface area contributed by atoms with Gasteiger partial charge in [0, 0.05) is 22.9 Å². The highest BCUT2D eigenvalue weighted by molar-refractivity contribution is 7.92. The second kappa shape index (κ2) is 9.43. The maximum Gasteiger partial charge on any atom is 0.228 e. The molecule has 0 aromatic heterocycles. The zero-order valence-electron chi connectivity index (χ0n) is 18.0. The molecule has 2 saturated carbocycles. The Bertz CT molecular complexity index is 637. The molecule has 0 bridgehead atoms. The van der Waals surface area contributed by atoms with Crippen molar-refractivity contribution in [2.45, 2.75) is 108 Å². The molecule has 0 aromatic rings. The van der Waals surface area contributed by atoms with Crippen LogP contribution in [0, 0.1) is 11.3 Å². The number of hydrogen-bond donors (Lipinski definition) is 0. The highest BCUT2D eigenvalue weighted by Gasteiger charge is 2.41. The van der Waals surface area contributed by atoms with E-state index in [-0.39, 0.29) is 45.7 Å². The van der Waals surface area contributed by atoms with E-state index in [0.29, 0.717) is 19.3 Å². The predicted octanol–water partition coefficient (Wildman–Crippen LogP) is 5.01. The second-order valence-corrected chi connectivity index (χ2v) is 13.5. The van der Waals surface area contributed by atoms with E-state index in [2.05, 4.69) is 0 Å². The normalized spacial score (nSPS) is 32.4. The lowest BCUT2D eigenvalue weighted by molar-refractivity contribution is -0.144. The quantitative estimate of drug-likeness (QED) is 0.549. The van der Waals surface area contributed by atoms with Crippen LogP contribution in [0.3, 0.4) is 0 Å². The molecule has 4 nitrogen and oxygen atoms in total. The zero-order chi connectivity index (χ0) is 21.3. The van der Waals surface area contributed by atoms with Crippen LogP contribution in [0.5, 0.6) is 0 Å². The van der Waals surface area contributed by atoms with Crippen LogP contribution in [0.1, 0.15) is 79.6 Å². The Hall–Kier alpha value is -0.000000000000000111. The fraction of sp³-hybridized carbons (Fsp3) is 0.952. The van der Waals surface area contributed by atoms with Crippen molar-refractivity contribution in [2.75, 3.05) is 5.75 Å². The highest BCUT2D eigenvalue weighted by atomic mass is 35.5. The SMILES string of the molecule is CC(C)N(C(=O)C(C)(C)C)C1CCC(CS(=O)(=O)C2CCC(Cl)CC2)CC1Cl. The summed E-state index contributed by atoms with van der Waals surface area (Å²) < 4.78 is 25.8. The second-order valence-electron chi connectivity index (χ2n) is 10.0. The smallest absolute Gasteiger partial charge is 0.228 e. The Kier molecular flexibility index (Phi) is 8.17. The average molecular weight is 455 g/mol. The minimum Gasteiger partial charge on any atom is -0.335 e. The average Bonchev–Trinajstić information content (AvgIpc) is 2.56. The molecule has 2 aliphatic rings. The number of halogens is 2. The van der Waals surface area contributed by atoms with E-state index >= 15 is 0 Å². The fourth-order valence-corrected chi connectivity index (χ4v) is 7.62. The summed E-state index contributed by atoms with van der Waals surface area (Å²) in [4.78, 5) is 14.9. The van der Waals surface area contributed by atoms with Gasteiger partial charge in [0.25, 0.3) is 0 Å². The molecule has 2 aliphatic carbocycles. The fourth-order valence-electron chi connectivity index (χ4n) is 4.65. The predicted molar refractivity (Wildman–Crippen MR) is 118 cm³/mol. The minimum absolute atomic E-state index is 0.0287. The number of nitrogens with zero attached hydrogens (tertiary/aromatic N) is 1. The van der Waals surface area contributed by atoms with Crippen molar-refractivity contribution in [2.24, 2.45) is 11.3 Å². The van der Waals surface area contributed by atoms with E-state index in [1.807, 2.05) is 39.5 Å². The van der Waals surface area contributed by atoms with Crippen molar-refractivity contribution in [1.82, 2.24) is 4.90 Å². The van der Waals surface area contributed by atoms with Gasteiger partial charge in [0.1, 0.15) is 0 Å². The molecule has 3 unspecified atom stereocenters. The molecule has 28 heavy (non-hydrogen) atoms. The van der Waals surface area contributed by atoms with Gasteiger partial charge in [-0.3, -0.25) is 4.79 Å². The van der Waals surface area contributed by atoms with Gasteiger partial charge in [-0.2, -0.15) is 0 Å². The first kappa shape index (κ1) is 24.3. The number of hydrogen-bond acceptors (Lipinski definition) is 3. The van der Waals surface area contributed by atoms with Crippen LogP contribution in [-0.4, -0.2) is 53.1 Å². The third-order valence-electron chi connectivity index (χ3n) is 6.22. The molecule has 2 fully saturated rings. The molecule has 2 rings (SSSR count). The van der Waals surface area contributed by atoms with Crippen molar-refractivity contribution >= 4 is 38.9 Å². The molecule has 0 aromatic carbocycles. The zero-order valence-corrected chi connectivity index (χ0v) is 20.3. The number of amides is 1. The summed E-state index contributed by atoms with van der Waals surface area (Å²) in [6.07, 6.45) is 5.15. The molecule has 0 aliphatic heterocycles. The summed E-state index contributed by atoms with van der Waals surface area (Å²) in [5.74, 6) is 0.411. The maximum atomic E-state index is 13.0. The van der Waals surface area contributed by atoms with Gasteiger partial charge in [0.05, 0.1) is 16.4 Å². The van der Waals surface area contributed by atoms with E-state index in [9.17, 15) is 13.2 Å². The molecule has 0 radical (unpaired) electrons. The van der Waals surface area contributed by atoms with Crippen LogP contribution in [-0.2, 0) is 14.6 Å². The standard InChI is InChI=1S/C21H37Cl2NO3S/c1-14(2)24(20(25)21(3,4)5)19-11-6-15(12-18(19)23)13-28(26,27)17-9-7-16(22)8-10-17/h14-19H,6-13H2,1-5H3. The number of carbonyl (C=O) groups is 1. The van der Waals surface area contributed by atoms with Crippen molar-refractivity contribution in [3.8, 4) is 0 Å². The number of alkyl halides is 2. The number of sulfone groups is 1. The monoisotopic (exact) mass is 453 g/mol. The molecule has 3 atom stereocenters. The lowest BCUT2D eigenvalue weighted by Crippen LogP contribution is -2.54. The van der Waals surface area contributed by atoms with Gasteiger partial charge in [0.15, 0.2) is 9.84 Å². The van der Waals surface area contributed by atoms with Crippen molar-refractivity contribution in [3.63, 3.8) is 0 Å². The highest BCUT2D eigenvalue weighted by Crippen LogP contribution is 2.37. The molecule has 0 spiro atoms. The maximum absolute atomic E-state index is 13.0. The third kappa shape index (κ3) is 6.01. The topological polar surface area (TPSA) is 54.5 Å². The molecule has 164 valence electrons. The van der Waals surface area contributed by atoms with Gasteiger partial charge in [0.2, 0.25) is 5.91 Å². The lowest BCUT2D eigenvalue weighted by atomic mass is 9.84. The van der Waals surface area contributed by atoms with Crippen LogP contribution in [0.25, 0.3) is 0 Å². The summed E-state index contributed by atoms with van der Waals surface area (Å²) in [6, 6.07) is 0.0445. The van der Waals surface area contributed by atoms with E-state index in [1.54, 1.807) is 0 Å². The number of carbonyl (C=O) groups excluding carboxylic acids is 1. The molecular weight excluding hydrogens is 417 g/mol. The third-order valence-corrected chi connectivity index (χ3v) is 9.54. The molecule has 0 N–H and O–H groups in total. The molecule has 0 saturated heterocycles. The minimum atomic E-state index is -3.12. The van der Waals surface area contributed by atoms with Crippen LogP contribution in [0.15, 0.2) is 0 Å². The lowest BCUT2D eigenvalue weighted by Gasteiger charge is -2.44. The van der Waals surface area contributed by atoms with Gasteiger partial charge < -0.3 is 4.90 Å². The van der Waals surface area contributed by atoms with Crippen LogP contribution in [0.2, 0.25) is 0 Å². The van der Waals surface area contributed by atoms with Gasteiger partial charge in [-0.05, 0) is 64.7 Å². The molecule has 1 amide bonds. The largest absolute Gasteiger partial charge is 0.335 e. The first-order chi connectivity index (χ1) is 12.8. The summed E-state index contributed by atoms with van der Waals surface area (Å²) >= 11 is 12.9. The van der Waals surface area contributed by atoms with Crippen LogP contribution >= 0.6 is 23.2 Å². The Balaban J connectivity index is 2.01. The molecular formula is C21H37Cl2NO3S. The van der Waals surface area contributed by atoms with Crippen LogP contribution < -0.4 is 0 Å². The summed E-state index contributed by atoms with van der Waals surface area (Å²) in [5, 5.41) is -0.332. The van der Waals surface area contributed by atoms with E-state index in [0.717, 1.165) is 25.7 Å². The summed E-state index contributed by atoms with van der Waals surface area (Å²) in [7, 11) is -3.12. The first-order valence-corrected chi connectivity index (χ1v) is 13.2. The molecule has 7 heteroatoms. The Labute approximate surface area is 181 Å². The van der Waals surface area contributed by atoms with Crippen molar-refractivity contribution < 1.29 is 13.2 Å². The van der Waals surface area contributed by atoms with Gasteiger partial charge in [-0.1, -0.05) is 20.8 Å². The van der Waals surface area contributed by atoms with Crippen molar-refractivity contribution in [3.05, 3.63) is 0 Å². The molecule has 0 heterocycles. The van der Waals surface area contributed by atoms with Gasteiger partial charge in [-0.15, -0.1) is 23.2 Å². The Morgan fingerprint density at radius 1 is 1.04 bits per heavy atom. The number of rotatable bonds is 5. The Morgan fingerprint density at radius 2 is 1.61 bits per heavy atom. The van der Waals surface area contributed by atoms with Gasteiger partial charge >= 0.3 is 0 Å². The first-order valence-electron chi connectivity index (χ1n) is 10.7. The Morgan fingerprint density at radius 3 is 2.07 bits per heavy atom. The van der Waals surface area contributed by atoms with Crippen LogP contribution in [0.4, 0.5) is 0 Å². The summed E-state index contributed by atoms with van der Waals surface area (Å²) in [5.41, 5.74) is -0.456. The van der Waals surface area contributed by atoms with E-state index in [4.69, 9.17) is 23.2 Å². The van der Waals surface area contributed by atoms with E-state index in [1.165, 1.54) is 0 Å².